The molecule has 10 heteroatoms. The summed E-state index contributed by atoms with van der Waals surface area (Å²) in [5.74, 6) is -0.939. The number of esters is 1. The first-order valence-electron chi connectivity index (χ1n) is 9.06. The Balaban J connectivity index is 1.86. The Bertz CT molecular complexity index is 786. The molecular weight excluding hydrogens is 393 g/mol. The summed E-state index contributed by atoms with van der Waals surface area (Å²) in [5, 5.41) is 10.1. The third kappa shape index (κ3) is 4.69. The topological polar surface area (TPSA) is 102 Å². The monoisotopic (exact) mass is 417 g/mol. The van der Waals surface area contributed by atoms with Crippen LogP contribution >= 0.6 is 0 Å². The van der Waals surface area contributed by atoms with Gasteiger partial charge < -0.3 is 19.3 Å². The number of hydrogen-bond acceptors (Lipinski definition) is 7. The van der Waals surface area contributed by atoms with Crippen LogP contribution in [-0.2, 0) is 29.0 Å². The molecule has 2 heterocycles. The van der Waals surface area contributed by atoms with E-state index in [4.69, 9.17) is 9.47 Å². The number of carbonyl (C=O) groups is 1. The van der Waals surface area contributed by atoms with Crippen LogP contribution in [0.2, 0.25) is 0 Å². The maximum atomic E-state index is 13.2. The van der Waals surface area contributed by atoms with E-state index in [9.17, 15) is 22.7 Å². The molecule has 0 spiro atoms. The molecule has 0 unspecified atom stereocenters. The highest BCUT2D eigenvalue weighted by molar-refractivity contribution is 7.89. The van der Waals surface area contributed by atoms with Gasteiger partial charge in [0.15, 0.2) is 0 Å². The zero-order valence-electron chi connectivity index (χ0n) is 15.5. The van der Waals surface area contributed by atoms with E-state index in [1.165, 1.54) is 23.5 Å². The second kappa shape index (κ2) is 8.83. The van der Waals surface area contributed by atoms with Crippen molar-refractivity contribution in [2.75, 3.05) is 26.9 Å². The van der Waals surface area contributed by atoms with Gasteiger partial charge in [0.2, 0.25) is 10.0 Å². The lowest BCUT2D eigenvalue weighted by molar-refractivity contribution is -0.157. The van der Waals surface area contributed by atoms with Crippen molar-refractivity contribution >= 4 is 16.0 Å². The fourth-order valence-electron chi connectivity index (χ4n) is 3.58. The van der Waals surface area contributed by atoms with Crippen LogP contribution in [0.3, 0.4) is 0 Å². The third-order valence-electron chi connectivity index (χ3n) is 4.98. The number of carbonyl (C=O) groups excluding carboxylic acids is 1. The van der Waals surface area contributed by atoms with Gasteiger partial charge in [-0.25, -0.2) is 12.8 Å². The average Bonchev–Trinajstić information content (AvgIpc) is 2.65. The Hall–Kier alpha value is -1.59. The van der Waals surface area contributed by atoms with Gasteiger partial charge in [0.05, 0.1) is 56.0 Å². The highest BCUT2D eigenvalue weighted by Crippen LogP contribution is 2.31. The van der Waals surface area contributed by atoms with Crippen molar-refractivity contribution < 1.29 is 36.9 Å². The first-order valence-corrected chi connectivity index (χ1v) is 10.5. The number of methoxy groups -OCH3 is 1. The molecule has 1 aromatic carbocycles. The predicted molar refractivity (Wildman–Crippen MR) is 95.4 cm³/mol. The van der Waals surface area contributed by atoms with Crippen molar-refractivity contribution in [3.05, 3.63) is 30.1 Å². The average molecular weight is 417 g/mol. The van der Waals surface area contributed by atoms with Gasteiger partial charge in [-0.2, -0.15) is 4.31 Å². The second-order valence-corrected chi connectivity index (χ2v) is 8.83. The summed E-state index contributed by atoms with van der Waals surface area (Å²) in [6.07, 6.45) is -1.01. The smallest absolute Gasteiger partial charge is 0.308 e. The van der Waals surface area contributed by atoms with Crippen LogP contribution < -0.4 is 0 Å². The number of β-amino-alcohol motifs (C(OH)–C–C–N with tert-alkyl or cyclic N) is 1. The summed E-state index contributed by atoms with van der Waals surface area (Å²) < 4.78 is 56.9. The minimum Gasteiger partial charge on any atom is -0.469 e. The van der Waals surface area contributed by atoms with Crippen molar-refractivity contribution in [1.82, 2.24) is 4.31 Å². The summed E-state index contributed by atoms with van der Waals surface area (Å²) >= 11 is 0. The molecular formula is C18H24FNO7S. The van der Waals surface area contributed by atoms with E-state index in [0.717, 1.165) is 12.1 Å². The fourth-order valence-corrected chi connectivity index (χ4v) is 5.30. The van der Waals surface area contributed by atoms with Crippen molar-refractivity contribution in [2.24, 2.45) is 0 Å². The molecule has 2 aliphatic heterocycles. The summed E-state index contributed by atoms with van der Waals surface area (Å²) in [6.45, 7) is -0.107. The van der Waals surface area contributed by atoms with Gasteiger partial charge in [-0.15, -0.1) is 0 Å². The van der Waals surface area contributed by atoms with E-state index in [0.29, 0.717) is 12.8 Å². The van der Waals surface area contributed by atoms with Crippen molar-refractivity contribution in [1.29, 1.82) is 0 Å². The van der Waals surface area contributed by atoms with Crippen LogP contribution in [-0.4, -0.2) is 75.0 Å². The predicted octanol–water partition coefficient (Wildman–Crippen LogP) is 0.687. The SMILES string of the molecule is COC(=O)C[C@@H]1CC[C@@H]2[C@H](COC[C@@H](O)CN2S(=O)(=O)c2ccc(F)cc2)O1. The van der Waals surface area contributed by atoms with E-state index < -0.39 is 46.2 Å². The van der Waals surface area contributed by atoms with E-state index >= 15 is 0 Å². The number of ether oxygens (including phenoxy) is 3. The van der Waals surface area contributed by atoms with E-state index in [2.05, 4.69) is 4.74 Å². The normalized spacial score (nSPS) is 29.4. The van der Waals surface area contributed by atoms with Gasteiger partial charge in [-0.05, 0) is 37.1 Å². The summed E-state index contributed by atoms with van der Waals surface area (Å²) in [4.78, 5) is 11.5. The van der Waals surface area contributed by atoms with Crippen LogP contribution in [0.5, 0.6) is 0 Å². The van der Waals surface area contributed by atoms with Crippen LogP contribution in [0.15, 0.2) is 29.2 Å². The molecule has 156 valence electrons. The number of fused-ring (bicyclic) bond motifs is 1. The number of aliphatic hydroxyl groups excluding tert-OH is 1. The van der Waals surface area contributed by atoms with Gasteiger partial charge in [-0.1, -0.05) is 0 Å². The van der Waals surface area contributed by atoms with Crippen LogP contribution in [0.25, 0.3) is 0 Å². The van der Waals surface area contributed by atoms with Crippen LogP contribution in [0, 0.1) is 5.82 Å². The Morgan fingerprint density at radius 1 is 1.29 bits per heavy atom. The Labute approximate surface area is 163 Å². The van der Waals surface area contributed by atoms with Gasteiger partial charge in [0, 0.05) is 6.54 Å². The van der Waals surface area contributed by atoms with Crippen molar-refractivity contribution in [3.63, 3.8) is 0 Å². The molecule has 0 bridgehead atoms. The standard InChI is InChI=1S/C18H24FNO7S/c1-25-18(22)8-14-4-7-16-17(27-14)11-26-10-13(21)9-20(16)28(23,24)15-5-2-12(19)3-6-15/h2-3,5-6,13-14,16-17,21H,4,7-11H2,1H3/t13-,14-,16+,17-/m0/s1. The van der Waals surface area contributed by atoms with Gasteiger partial charge >= 0.3 is 5.97 Å². The molecule has 28 heavy (non-hydrogen) atoms. The maximum Gasteiger partial charge on any atom is 0.308 e. The molecule has 0 aliphatic carbocycles. The molecule has 0 aromatic heterocycles. The van der Waals surface area contributed by atoms with Gasteiger partial charge in [0.25, 0.3) is 0 Å². The third-order valence-corrected chi connectivity index (χ3v) is 6.88. The first kappa shape index (κ1) is 21.1. The molecule has 2 saturated heterocycles. The van der Waals surface area contributed by atoms with Gasteiger partial charge in [-0.3, -0.25) is 4.79 Å². The zero-order valence-corrected chi connectivity index (χ0v) is 16.3. The quantitative estimate of drug-likeness (QED) is 0.719. The number of aliphatic hydroxyl groups is 1. The lowest BCUT2D eigenvalue weighted by Crippen LogP contribution is -2.57. The van der Waals surface area contributed by atoms with E-state index in [1.807, 2.05) is 0 Å². The number of rotatable bonds is 4. The number of halogens is 1. The molecule has 8 nitrogen and oxygen atoms in total. The van der Waals surface area contributed by atoms with E-state index in [-0.39, 0.29) is 31.1 Å². The summed E-state index contributed by atoms with van der Waals surface area (Å²) in [5.41, 5.74) is 0. The highest BCUT2D eigenvalue weighted by Gasteiger charge is 2.43. The number of hydrogen-bond donors (Lipinski definition) is 1. The minimum atomic E-state index is -3.99. The number of sulfonamides is 1. The molecule has 0 amide bonds. The largest absolute Gasteiger partial charge is 0.469 e. The fraction of sp³-hybridized carbons (Fsp3) is 0.611. The maximum absolute atomic E-state index is 13.2. The van der Waals surface area contributed by atoms with Crippen molar-refractivity contribution in [3.8, 4) is 0 Å². The lowest BCUT2D eigenvalue weighted by atomic mass is 9.96. The van der Waals surface area contributed by atoms with E-state index in [1.54, 1.807) is 0 Å². The molecule has 4 atom stereocenters. The van der Waals surface area contributed by atoms with Gasteiger partial charge in [0.1, 0.15) is 5.82 Å². The summed E-state index contributed by atoms with van der Waals surface area (Å²) in [6, 6.07) is 3.99. The molecule has 2 fully saturated rings. The molecule has 1 aromatic rings. The minimum absolute atomic E-state index is 0.0380. The second-order valence-electron chi connectivity index (χ2n) is 6.94. The molecule has 1 N–H and O–H groups in total. The number of benzene rings is 1. The molecule has 0 saturated carbocycles. The molecule has 2 aliphatic rings. The highest BCUT2D eigenvalue weighted by atomic mass is 32.2. The van der Waals surface area contributed by atoms with Crippen LogP contribution in [0.4, 0.5) is 4.39 Å². The number of nitrogens with zero attached hydrogens (tertiary/aromatic N) is 1. The zero-order chi connectivity index (χ0) is 20.3. The van der Waals surface area contributed by atoms with Crippen LogP contribution in [0.1, 0.15) is 19.3 Å². The Morgan fingerprint density at radius 2 is 2.00 bits per heavy atom. The molecule has 0 radical (unpaired) electrons. The molecule has 3 rings (SSSR count). The lowest BCUT2D eigenvalue weighted by Gasteiger charge is -2.43. The Morgan fingerprint density at radius 3 is 2.68 bits per heavy atom. The first-order chi connectivity index (χ1) is 13.3. The summed E-state index contributed by atoms with van der Waals surface area (Å²) in [7, 11) is -2.69. The van der Waals surface area contributed by atoms with Crippen molar-refractivity contribution in [2.45, 2.75) is 48.5 Å². The Kier molecular flexibility index (Phi) is 6.66.